The third kappa shape index (κ3) is 2.71. The molecule has 5 heteroatoms. The van der Waals surface area contributed by atoms with Crippen molar-refractivity contribution in [1.82, 2.24) is 10.3 Å². The number of hydrogen-bond donors (Lipinski definition) is 2. The predicted octanol–water partition coefficient (Wildman–Crippen LogP) is 0.811. The Morgan fingerprint density at radius 2 is 2.37 bits per heavy atom. The van der Waals surface area contributed by atoms with Crippen molar-refractivity contribution < 1.29 is 4.79 Å². The van der Waals surface area contributed by atoms with Crippen molar-refractivity contribution >= 4 is 11.7 Å². The van der Waals surface area contributed by atoms with Gasteiger partial charge in [0.05, 0.1) is 5.41 Å². The fourth-order valence-corrected chi connectivity index (χ4v) is 2.60. The number of pyridine rings is 1. The van der Waals surface area contributed by atoms with Gasteiger partial charge in [0.15, 0.2) is 0 Å². The maximum Gasteiger partial charge on any atom is 0.225 e. The molecule has 0 saturated carbocycles. The summed E-state index contributed by atoms with van der Waals surface area (Å²) in [6.45, 7) is 6.29. The third-order valence-electron chi connectivity index (χ3n) is 3.86. The van der Waals surface area contributed by atoms with Gasteiger partial charge in [0.25, 0.3) is 0 Å². The summed E-state index contributed by atoms with van der Waals surface area (Å²) in [6.07, 6.45) is 2.68. The van der Waals surface area contributed by atoms with E-state index < -0.39 is 5.41 Å². The Hall–Kier alpha value is -1.62. The van der Waals surface area contributed by atoms with Gasteiger partial charge in [-0.15, -0.1) is 0 Å². The molecular weight excluding hydrogens is 240 g/mol. The number of anilines is 1. The van der Waals surface area contributed by atoms with E-state index in [1.807, 2.05) is 20.2 Å². The molecule has 1 aromatic rings. The Morgan fingerprint density at radius 3 is 2.89 bits per heavy atom. The fraction of sp³-hybridized carbons (Fsp3) is 0.571. The second kappa shape index (κ2) is 5.17. The van der Waals surface area contributed by atoms with Gasteiger partial charge < -0.3 is 16.0 Å². The number of nitrogens with one attached hydrogen (secondary N) is 1. The Balaban J connectivity index is 2.18. The summed E-state index contributed by atoms with van der Waals surface area (Å²) in [5.74, 6) is 0.740. The van der Waals surface area contributed by atoms with Gasteiger partial charge in [0, 0.05) is 25.8 Å². The Bertz CT molecular complexity index is 488. The van der Waals surface area contributed by atoms with Gasteiger partial charge in [0.2, 0.25) is 5.91 Å². The fourth-order valence-electron chi connectivity index (χ4n) is 2.60. The standard InChI is InChI=1S/C14H22N4O/c1-10-6-11(7-16-3)8-17-12(10)18-5-4-14(2,9-18)13(15)19/h6,8,16H,4-5,7,9H2,1-3H3,(H2,15,19). The van der Waals surface area contributed by atoms with Crippen molar-refractivity contribution in [2.24, 2.45) is 11.1 Å². The molecule has 1 amide bonds. The summed E-state index contributed by atoms with van der Waals surface area (Å²) in [6, 6.07) is 2.14. The summed E-state index contributed by atoms with van der Waals surface area (Å²) in [5, 5.41) is 3.11. The van der Waals surface area contributed by atoms with E-state index in [1.54, 1.807) is 0 Å². The highest BCUT2D eigenvalue weighted by atomic mass is 16.1. The highest BCUT2D eigenvalue weighted by molar-refractivity contribution is 5.82. The van der Waals surface area contributed by atoms with Crippen LogP contribution in [0.4, 0.5) is 5.82 Å². The zero-order chi connectivity index (χ0) is 14.0. The molecule has 0 aliphatic carbocycles. The van der Waals surface area contributed by atoms with Crippen LogP contribution in [-0.2, 0) is 11.3 Å². The molecule has 1 aliphatic rings. The summed E-state index contributed by atoms with van der Waals surface area (Å²) >= 11 is 0. The van der Waals surface area contributed by atoms with Gasteiger partial charge in [-0.05, 0) is 44.5 Å². The number of primary amides is 1. The zero-order valence-electron chi connectivity index (χ0n) is 11.9. The van der Waals surface area contributed by atoms with Crippen LogP contribution in [0.2, 0.25) is 0 Å². The maximum atomic E-state index is 11.5. The molecule has 1 unspecified atom stereocenters. The lowest BCUT2D eigenvalue weighted by Gasteiger charge is -2.23. The van der Waals surface area contributed by atoms with E-state index in [0.717, 1.165) is 30.9 Å². The van der Waals surface area contributed by atoms with Gasteiger partial charge in [0.1, 0.15) is 5.82 Å². The molecule has 2 rings (SSSR count). The molecule has 1 saturated heterocycles. The van der Waals surface area contributed by atoms with E-state index in [1.165, 1.54) is 5.56 Å². The van der Waals surface area contributed by atoms with Gasteiger partial charge in [-0.2, -0.15) is 0 Å². The van der Waals surface area contributed by atoms with Crippen LogP contribution in [0.25, 0.3) is 0 Å². The molecule has 2 heterocycles. The summed E-state index contributed by atoms with van der Waals surface area (Å²) in [5.41, 5.74) is 7.35. The van der Waals surface area contributed by atoms with Crippen LogP contribution < -0.4 is 16.0 Å². The number of aromatic nitrogens is 1. The lowest BCUT2D eigenvalue weighted by molar-refractivity contribution is -0.125. The molecule has 0 radical (unpaired) electrons. The minimum atomic E-state index is -0.433. The average Bonchev–Trinajstić information content (AvgIpc) is 2.74. The minimum absolute atomic E-state index is 0.223. The zero-order valence-corrected chi connectivity index (χ0v) is 11.9. The average molecular weight is 262 g/mol. The smallest absolute Gasteiger partial charge is 0.225 e. The van der Waals surface area contributed by atoms with Crippen LogP contribution in [0, 0.1) is 12.3 Å². The summed E-state index contributed by atoms with van der Waals surface area (Å²) in [7, 11) is 1.92. The molecule has 0 aromatic carbocycles. The van der Waals surface area contributed by atoms with Crippen LogP contribution >= 0.6 is 0 Å². The Morgan fingerprint density at radius 1 is 1.63 bits per heavy atom. The molecule has 1 aromatic heterocycles. The lowest BCUT2D eigenvalue weighted by atomic mass is 9.89. The largest absolute Gasteiger partial charge is 0.369 e. The first-order valence-electron chi connectivity index (χ1n) is 6.61. The first-order chi connectivity index (χ1) is 8.96. The van der Waals surface area contributed by atoms with E-state index >= 15 is 0 Å². The summed E-state index contributed by atoms with van der Waals surface area (Å²) < 4.78 is 0. The molecule has 1 aliphatic heterocycles. The van der Waals surface area contributed by atoms with Crippen LogP contribution in [0.1, 0.15) is 24.5 Å². The van der Waals surface area contributed by atoms with Crippen molar-refractivity contribution in [3.63, 3.8) is 0 Å². The number of nitrogens with two attached hydrogens (primary N) is 1. The lowest BCUT2D eigenvalue weighted by Crippen LogP contribution is -2.37. The monoisotopic (exact) mass is 262 g/mol. The number of aryl methyl sites for hydroxylation is 1. The minimum Gasteiger partial charge on any atom is -0.369 e. The van der Waals surface area contributed by atoms with Crippen LogP contribution in [0.3, 0.4) is 0 Å². The van der Waals surface area contributed by atoms with Crippen LogP contribution in [0.15, 0.2) is 12.3 Å². The quantitative estimate of drug-likeness (QED) is 0.842. The van der Waals surface area contributed by atoms with Gasteiger partial charge in [-0.1, -0.05) is 0 Å². The van der Waals surface area contributed by atoms with Crippen molar-refractivity contribution in [3.05, 3.63) is 23.4 Å². The number of amides is 1. The van der Waals surface area contributed by atoms with E-state index in [-0.39, 0.29) is 5.91 Å². The second-order valence-corrected chi connectivity index (χ2v) is 5.61. The predicted molar refractivity (Wildman–Crippen MR) is 75.9 cm³/mol. The topological polar surface area (TPSA) is 71.2 Å². The molecule has 19 heavy (non-hydrogen) atoms. The number of hydrogen-bond acceptors (Lipinski definition) is 4. The van der Waals surface area contributed by atoms with Crippen molar-refractivity contribution in [1.29, 1.82) is 0 Å². The van der Waals surface area contributed by atoms with Crippen LogP contribution in [0.5, 0.6) is 0 Å². The van der Waals surface area contributed by atoms with E-state index in [0.29, 0.717) is 6.54 Å². The SMILES string of the molecule is CNCc1cnc(N2CCC(C)(C(N)=O)C2)c(C)c1. The van der Waals surface area contributed by atoms with E-state index in [9.17, 15) is 4.79 Å². The first-order valence-corrected chi connectivity index (χ1v) is 6.61. The number of carbonyl (C=O) groups excluding carboxylic acids is 1. The number of rotatable bonds is 4. The molecule has 1 fully saturated rings. The van der Waals surface area contributed by atoms with Crippen molar-refractivity contribution in [2.75, 3.05) is 25.0 Å². The van der Waals surface area contributed by atoms with Crippen LogP contribution in [-0.4, -0.2) is 31.0 Å². The molecule has 0 bridgehead atoms. The molecule has 3 N–H and O–H groups in total. The number of nitrogens with zero attached hydrogens (tertiary/aromatic N) is 2. The van der Waals surface area contributed by atoms with E-state index in [2.05, 4.69) is 28.2 Å². The van der Waals surface area contributed by atoms with E-state index in [4.69, 9.17) is 5.73 Å². The third-order valence-corrected chi connectivity index (χ3v) is 3.86. The maximum absolute atomic E-state index is 11.5. The highest BCUT2D eigenvalue weighted by Gasteiger charge is 2.39. The molecule has 1 atom stereocenters. The second-order valence-electron chi connectivity index (χ2n) is 5.61. The Labute approximate surface area is 114 Å². The molecule has 0 spiro atoms. The Kier molecular flexibility index (Phi) is 3.75. The van der Waals surface area contributed by atoms with Gasteiger partial charge in [-0.25, -0.2) is 4.98 Å². The van der Waals surface area contributed by atoms with Gasteiger partial charge in [-0.3, -0.25) is 4.79 Å². The highest BCUT2D eigenvalue weighted by Crippen LogP contribution is 2.33. The summed E-state index contributed by atoms with van der Waals surface area (Å²) in [4.78, 5) is 18.2. The van der Waals surface area contributed by atoms with Crippen molar-refractivity contribution in [3.8, 4) is 0 Å². The van der Waals surface area contributed by atoms with Crippen molar-refractivity contribution in [2.45, 2.75) is 26.8 Å². The first kappa shape index (κ1) is 13.8. The number of carbonyl (C=O) groups is 1. The molecule has 104 valence electrons. The molecule has 5 nitrogen and oxygen atoms in total. The molecular formula is C14H22N4O. The van der Waals surface area contributed by atoms with Gasteiger partial charge >= 0.3 is 0 Å². The normalized spacial score (nSPS) is 22.8.